The molecular weight excluding hydrogens is 314 g/mol. The summed E-state index contributed by atoms with van der Waals surface area (Å²) in [7, 11) is 3.30. The smallest absolute Gasteiger partial charge is 0.154 e. The Balaban J connectivity index is 2.12. The Morgan fingerprint density at radius 1 is 0.680 bits per heavy atom. The van der Waals surface area contributed by atoms with Crippen molar-refractivity contribution < 1.29 is 9.47 Å². The van der Waals surface area contributed by atoms with Crippen LogP contribution in [0, 0.1) is 0 Å². The van der Waals surface area contributed by atoms with Crippen LogP contribution in [-0.2, 0) is 0 Å². The largest absolute Gasteiger partial charge is 0.497 e. The average Bonchev–Trinajstić information content (AvgIpc) is 2.67. The van der Waals surface area contributed by atoms with Gasteiger partial charge in [-0.2, -0.15) is 0 Å². The van der Waals surface area contributed by atoms with Crippen molar-refractivity contribution in [3.8, 4) is 34.0 Å². The SMILES string of the molecule is COc1ccc(-c2nnc(C(C)C)nc2-c2ccc(OC)cc2)cc1. The first-order valence-corrected chi connectivity index (χ1v) is 8.16. The third-order valence-corrected chi connectivity index (χ3v) is 3.95. The number of methoxy groups -OCH3 is 2. The van der Waals surface area contributed by atoms with Crippen LogP contribution in [0.4, 0.5) is 0 Å². The number of hydrogen-bond acceptors (Lipinski definition) is 5. The summed E-state index contributed by atoms with van der Waals surface area (Å²) in [5, 5.41) is 8.76. The summed E-state index contributed by atoms with van der Waals surface area (Å²) >= 11 is 0. The highest BCUT2D eigenvalue weighted by Crippen LogP contribution is 2.31. The average molecular weight is 335 g/mol. The fourth-order valence-electron chi connectivity index (χ4n) is 2.48. The van der Waals surface area contributed by atoms with Gasteiger partial charge in [0.05, 0.1) is 14.2 Å². The number of aromatic nitrogens is 3. The monoisotopic (exact) mass is 335 g/mol. The summed E-state index contributed by atoms with van der Waals surface area (Å²) in [4.78, 5) is 4.77. The van der Waals surface area contributed by atoms with Gasteiger partial charge in [0.15, 0.2) is 5.82 Å². The summed E-state index contributed by atoms with van der Waals surface area (Å²) in [5.74, 6) is 2.54. The van der Waals surface area contributed by atoms with Gasteiger partial charge >= 0.3 is 0 Å². The van der Waals surface area contributed by atoms with Crippen LogP contribution in [0.25, 0.3) is 22.5 Å². The van der Waals surface area contributed by atoms with Crippen molar-refractivity contribution in [2.24, 2.45) is 0 Å². The second kappa shape index (κ2) is 7.30. The molecule has 2 aromatic carbocycles. The zero-order chi connectivity index (χ0) is 17.8. The van der Waals surface area contributed by atoms with E-state index in [-0.39, 0.29) is 5.92 Å². The Morgan fingerprint density at radius 2 is 1.16 bits per heavy atom. The molecule has 1 heterocycles. The molecule has 1 aromatic heterocycles. The van der Waals surface area contributed by atoms with E-state index in [2.05, 4.69) is 24.0 Å². The summed E-state index contributed by atoms with van der Waals surface area (Å²) in [6, 6.07) is 15.6. The van der Waals surface area contributed by atoms with Gasteiger partial charge < -0.3 is 9.47 Å². The Hall–Kier alpha value is -2.95. The molecule has 0 aliphatic carbocycles. The molecule has 0 fully saturated rings. The van der Waals surface area contributed by atoms with Crippen LogP contribution < -0.4 is 9.47 Å². The minimum absolute atomic E-state index is 0.203. The summed E-state index contributed by atoms with van der Waals surface area (Å²) in [6.07, 6.45) is 0. The zero-order valence-electron chi connectivity index (χ0n) is 14.9. The highest BCUT2D eigenvalue weighted by molar-refractivity contribution is 5.77. The highest BCUT2D eigenvalue weighted by atomic mass is 16.5. The van der Waals surface area contributed by atoms with Crippen molar-refractivity contribution >= 4 is 0 Å². The van der Waals surface area contributed by atoms with Crippen molar-refractivity contribution in [2.45, 2.75) is 19.8 Å². The van der Waals surface area contributed by atoms with Crippen LogP contribution in [-0.4, -0.2) is 29.4 Å². The summed E-state index contributed by atoms with van der Waals surface area (Å²) in [5.41, 5.74) is 3.48. The predicted octanol–water partition coefficient (Wildman–Crippen LogP) is 4.35. The van der Waals surface area contributed by atoms with Gasteiger partial charge in [-0.15, -0.1) is 10.2 Å². The molecule has 0 aliphatic rings. The molecule has 5 nitrogen and oxygen atoms in total. The van der Waals surface area contributed by atoms with Gasteiger partial charge in [-0.1, -0.05) is 13.8 Å². The maximum atomic E-state index is 5.25. The third kappa shape index (κ3) is 3.60. The molecule has 0 unspecified atom stereocenters. The van der Waals surface area contributed by atoms with Crippen molar-refractivity contribution in [1.29, 1.82) is 0 Å². The normalized spacial score (nSPS) is 10.8. The third-order valence-electron chi connectivity index (χ3n) is 3.95. The minimum atomic E-state index is 0.203. The Kier molecular flexibility index (Phi) is 4.93. The van der Waals surface area contributed by atoms with Crippen molar-refractivity contribution in [2.75, 3.05) is 14.2 Å². The Labute approximate surface area is 147 Å². The number of hydrogen-bond donors (Lipinski definition) is 0. The van der Waals surface area contributed by atoms with E-state index in [4.69, 9.17) is 14.5 Å². The number of rotatable bonds is 5. The molecule has 0 saturated carbocycles. The van der Waals surface area contributed by atoms with Crippen LogP contribution >= 0.6 is 0 Å². The second-order valence-corrected chi connectivity index (χ2v) is 5.98. The van der Waals surface area contributed by atoms with Gasteiger partial charge in [0, 0.05) is 17.0 Å². The van der Waals surface area contributed by atoms with Crippen LogP contribution in [0.2, 0.25) is 0 Å². The van der Waals surface area contributed by atoms with Crippen molar-refractivity contribution in [3.63, 3.8) is 0 Å². The van der Waals surface area contributed by atoms with E-state index in [1.54, 1.807) is 14.2 Å². The maximum Gasteiger partial charge on any atom is 0.154 e. The first-order valence-electron chi connectivity index (χ1n) is 8.16. The van der Waals surface area contributed by atoms with Crippen LogP contribution in [0.1, 0.15) is 25.6 Å². The van der Waals surface area contributed by atoms with E-state index in [1.807, 2.05) is 48.5 Å². The lowest BCUT2D eigenvalue weighted by Crippen LogP contribution is -2.04. The molecule has 3 rings (SSSR count). The van der Waals surface area contributed by atoms with E-state index < -0.39 is 0 Å². The molecule has 0 amide bonds. The Morgan fingerprint density at radius 3 is 1.60 bits per heavy atom. The fraction of sp³-hybridized carbons (Fsp3) is 0.250. The molecule has 25 heavy (non-hydrogen) atoms. The number of nitrogens with zero attached hydrogens (tertiary/aromatic N) is 3. The second-order valence-electron chi connectivity index (χ2n) is 5.98. The molecule has 0 spiro atoms. The number of benzene rings is 2. The van der Waals surface area contributed by atoms with Crippen LogP contribution in [0.3, 0.4) is 0 Å². The molecule has 0 atom stereocenters. The molecule has 0 saturated heterocycles. The quantitative estimate of drug-likeness (QED) is 0.694. The highest BCUT2D eigenvalue weighted by Gasteiger charge is 2.15. The van der Waals surface area contributed by atoms with Gasteiger partial charge in [-0.25, -0.2) is 4.98 Å². The molecule has 3 aromatic rings. The number of ether oxygens (including phenoxy) is 2. The summed E-state index contributed by atoms with van der Waals surface area (Å²) in [6.45, 7) is 4.11. The van der Waals surface area contributed by atoms with Crippen LogP contribution in [0.5, 0.6) is 11.5 Å². The van der Waals surface area contributed by atoms with Gasteiger partial charge in [-0.3, -0.25) is 0 Å². The molecule has 128 valence electrons. The van der Waals surface area contributed by atoms with Crippen molar-refractivity contribution in [1.82, 2.24) is 15.2 Å². The standard InChI is InChI=1S/C20H21N3O2/c1-13(2)20-21-18(14-5-9-16(24-3)10-6-14)19(22-23-20)15-7-11-17(25-4)12-8-15/h5-13H,1-4H3. The Bertz CT molecular complexity index is 844. The van der Waals surface area contributed by atoms with Gasteiger partial charge in [0.2, 0.25) is 0 Å². The van der Waals surface area contributed by atoms with Gasteiger partial charge in [-0.05, 0) is 48.5 Å². The topological polar surface area (TPSA) is 57.1 Å². The van der Waals surface area contributed by atoms with Gasteiger partial charge in [0.25, 0.3) is 0 Å². The van der Waals surface area contributed by atoms with E-state index in [0.717, 1.165) is 39.8 Å². The molecule has 0 aliphatic heterocycles. The first-order chi connectivity index (χ1) is 12.1. The zero-order valence-corrected chi connectivity index (χ0v) is 14.9. The molecule has 0 N–H and O–H groups in total. The van der Waals surface area contributed by atoms with E-state index >= 15 is 0 Å². The van der Waals surface area contributed by atoms with Gasteiger partial charge in [0.1, 0.15) is 22.9 Å². The van der Waals surface area contributed by atoms with E-state index in [1.165, 1.54) is 0 Å². The maximum absolute atomic E-state index is 5.25. The first kappa shape index (κ1) is 16.9. The van der Waals surface area contributed by atoms with Crippen molar-refractivity contribution in [3.05, 3.63) is 54.4 Å². The fourth-order valence-corrected chi connectivity index (χ4v) is 2.48. The lowest BCUT2D eigenvalue weighted by molar-refractivity contribution is 0.414. The lowest BCUT2D eigenvalue weighted by Gasteiger charge is -2.12. The van der Waals surface area contributed by atoms with E-state index in [9.17, 15) is 0 Å². The molecule has 5 heteroatoms. The minimum Gasteiger partial charge on any atom is -0.497 e. The molecule has 0 bridgehead atoms. The van der Waals surface area contributed by atoms with Crippen LogP contribution in [0.15, 0.2) is 48.5 Å². The molecular formula is C20H21N3O2. The van der Waals surface area contributed by atoms with E-state index in [0.29, 0.717) is 0 Å². The lowest BCUT2D eigenvalue weighted by atomic mass is 10.0. The molecule has 0 radical (unpaired) electrons. The summed E-state index contributed by atoms with van der Waals surface area (Å²) < 4.78 is 10.5. The predicted molar refractivity (Wildman–Crippen MR) is 97.9 cm³/mol.